The number of nitrogens with zero attached hydrogens (tertiary/aromatic N) is 6. The molecule has 1 saturated heterocycles. The van der Waals surface area contributed by atoms with E-state index in [9.17, 15) is 0 Å². The highest BCUT2D eigenvalue weighted by Gasteiger charge is 2.20. The first kappa shape index (κ1) is 16.3. The van der Waals surface area contributed by atoms with Crippen molar-refractivity contribution in [3.8, 4) is 0 Å². The summed E-state index contributed by atoms with van der Waals surface area (Å²) in [5, 5.41) is 7.59. The van der Waals surface area contributed by atoms with Crippen LogP contribution in [0.3, 0.4) is 0 Å². The zero-order valence-electron chi connectivity index (χ0n) is 14.4. The van der Waals surface area contributed by atoms with Crippen molar-refractivity contribution in [1.82, 2.24) is 25.0 Å². The van der Waals surface area contributed by atoms with Gasteiger partial charge in [0.05, 0.1) is 12.7 Å². The first-order valence-corrected chi connectivity index (χ1v) is 8.43. The van der Waals surface area contributed by atoms with Gasteiger partial charge in [0.15, 0.2) is 5.96 Å². The van der Waals surface area contributed by atoms with E-state index in [1.165, 1.54) is 0 Å². The molecule has 0 bridgehead atoms. The number of aliphatic imine (C=N–C) groups is 1. The van der Waals surface area contributed by atoms with Crippen molar-refractivity contribution in [3.63, 3.8) is 0 Å². The van der Waals surface area contributed by atoms with E-state index in [-0.39, 0.29) is 0 Å². The van der Waals surface area contributed by atoms with E-state index < -0.39 is 0 Å². The molecule has 0 radical (unpaired) electrons. The molecule has 0 amide bonds. The van der Waals surface area contributed by atoms with E-state index in [1.807, 2.05) is 42.5 Å². The fourth-order valence-electron chi connectivity index (χ4n) is 2.83. The maximum absolute atomic E-state index is 4.76. The molecule has 0 aliphatic carbocycles. The Labute approximate surface area is 143 Å². The van der Waals surface area contributed by atoms with Gasteiger partial charge in [-0.1, -0.05) is 6.07 Å². The van der Waals surface area contributed by atoms with Crippen LogP contribution in [0.5, 0.6) is 0 Å². The number of piperazine rings is 1. The monoisotopic (exact) mass is 327 g/mol. The van der Waals surface area contributed by atoms with Crippen LogP contribution >= 0.6 is 0 Å². The minimum atomic E-state index is 0.649. The molecule has 1 fully saturated rings. The molecular weight excluding hydrogens is 302 g/mol. The van der Waals surface area contributed by atoms with E-state index in [0.29, 0.717) is 6.54 Å². The van der Waals surface area contributed by atoms with Crippen LogP contribution in [0.25, 0.3) is 0 Å². The molecule has 7 heteroatoms. The lowest BCUT2D eigenvalue weighted by Gasteiger charge is -2.37. The highest BCUT2D eigenvalue weighted by molar-refractivity contribution is 5.80. The first-order chi connectivity index (χ1) is 11.8. The van der Waals surface area contributed by atoms with Gasteiger partial charge in [0.1, 0.15) is 5.82 Å². The summed E-state index contributed by atoms with van der Waals surface area (Å²) in [6, 6.07) is 6.06. The summed E-state index contributed by atoms with van der Waals surface area (Å²) in [5.74, 6) is 2.02. The molecule has 2 aromatic rings. The van der Waals surface area contributed by atoms with E-state index in [4.69, 9.17) is 4.99 Å². The summed E-state index contributed by atoms with van der Waals surface area (Å²) in [6.07, 6.45) is 5.72. The Balaban J connectivity index is 1.61. The third kappa shape index (κ3) is 4.04. The third-order valence-corrected chi connectivity index (χ3v) is 4.06. The highest BCUT2D eigenvalue weighted by atomic mass is 15.4. The van der Waals surface area contributed by atoms with Crippen LogP contribution in [0, 0.1) is 0 Å². The van der Waals surface area contributed by atoms with Gasteiger partial charge in [-0.15, -0.1) is 0 Å². The fraction of sp³-hybridized carbons (Fsp3) is 0.471. The average molecular weight is 327 g/mol. The van der Waals surface area contributed by atoms with Crippen molar-refractivity contribution in [2.45, 2.75) is 13.5 Å². The van der Waals surface area contributed by atoms with Crippen molar-refractivity contribution < 1.29 is 0 Å². The summed E-state index contributed by atoms with van der Waals surface area (Å²) in [4.78, 5) is 13.8. The standard InChI is InChI=1S/C17H25N7/c1-3-18-17(20-12-15-13-21-22(2)14-15)24-10-8-23(9-11-24)16-6-4-5-7-19-16/h4-7,13-14H,3,8-12H2,1-2H3,(H,18,20). The molecule has 3 rings (SSSR count). The highest BCUT2D eigenvalue weighted by Crippen LogP contribution is 2.12. The molecule has 3 heterocycles. The third-order valence-electron chi connectivity index (χ3n) is 4.06. The van der Waals surface area contributed by atoms with E-state index >= 15 is 0 Å². The zero-order chi connectivity index (χ0) is 16.8. The molecule has 1 N–H and O–H groups in total. The minimum absolute atomic E-state index is 0.649. The van der Waals surface area contributed by atoms with Gasteiger partial charge in [-0.25, -0.2) is 9.98 Å². The number of nitrogens with one attached hydrogen (secondary N) is 1. The fourth-order valence-corrected chi connectivity index (χ4v) is 2.83. The topological polar surface area (TPSA) is 61.6 Å². The van der Waals surface area contributed by atoms with E-state index in [2.05, 4.69) is 38.2 Å². The quantitative estimate of drug-likeness (QED) is 0.673. The number of rotatable bonds is 4. The van der Waals surface area contributed by atoms with Crippen LogP contribution in [0.2, 0.25) is 0 Å². The number of hydrogen-bond donors (Lipinski definition) is 1. The molecule has 0 atom stereocenters. The van der Waals surface area contributed by atoms with Crippen LogP contribution in [0.4, 0.5) is 5.82 Å². The van der Waals surface area contributed by atoms with Crippen LogP contribution < -0.4 is 10.2 Å². The Bertz CT molecular complexity index is 657. The molecule has 128 valence electrons. The Morgan fingerprint density at radius 2 is 2.08 bits per heavy atom. The molecule has 24 heavy (non-hydrogen) atoms. The summed E-state index contributed by atoms with van der Waals surface area (Å²) < 4.78 is 1.81. The summed E-state index contributed by atoms with van der Waals surface area (Å²) >= 11 is 0. The van der Waals surface area contributed by atoms with Gasteiger partial charge in [0, 0.05) is 57.7 Å². The van der Waals surface area contributed by atoms with Gasteiger partial charge in [0.2, 0.25) is 0 Å². The van der Waals surface area contributed by atoms with Crippen LogP contribution in [-0.4, -0.2) is 58.3 Å². The van der Waals surface area contributed by atoms with Crippen molar-refractivity contribution in [2.24, 2.45) is 12.0 Å². The Hall–Kier alpha value is -2.57. The number of pyridine rings is 1. The summed E-state index contributed by atoms with van der Waals surface area (Å²) in [7, 11) is 1.93. The number of aromatic nitrogens is 3. The second kappa shape index (κ2) is 7.81. The lowest BCUT2D eigenvalue weighted by atomic mass is 10.3. The van der Waals surface area contributed by atoms with E-state index in [1.54, 1.807) is 0 Å². The molecule has 1 aliphatic heterocycles. The summed E-state index contributed by atoms with van der Waals surface area (Å²) in [6.45, 7) is 7.40. The molecule has 0 saturated carbocycles. The first-order valence-electron chi connectivity index (χ1n) is 8.43. The maximum Gasteiger partial charge on any atom is 0.194 e. The predicted octanol–water partition coefficient (Wildman–Crippen LogP) is 1.10. The molecule has 2 aromatic heterocycles. The second-order valence-corrected chi connectivity index (χ2v) is 5.85. The number of aryl methyl sites for hydroxylation is 1. The average Bonchev–Trinajstić information content (AvgIpc) is 3.05. The molecule has 7 nitrogen and oxygen atoms in total. The van der Waals surface area contributed by atoms with Crippen LogP contribution in [0.15, 0.2) is 41.8 Å². The van der Waals surface area contributed by atoms with Crippen LogP contribution in [0.1, 0.15) is 12.5 Å². The van der Waals surface area contributed by atoms with Crippen molar-refractivity contribution >= 4 is 11.8 Å². The van der Waals surface area contributed by atoms with Gasteiger partial charge in [-0.05, 0) is 19.1 Å². The largest absolute Gasteiger partial charge is 0.357 e. The molecular formula is C17H25N7. The van der Waals surface area contributed by atoms with Gasteiger partial charge < -0.3 is 15.1 Å². The van der Waals surface area contributed by atoms with Gasteiger partial charge in [0.25, 0.3) is 0 Å². The Morgan fingerprint density at radius 1 is 1.25 bits per heavy atom. The van der Waals surface area contributed by atoms with Crippen LogP contribution in [-0.2, 0) is 13.6 Å². The van der Waals surface area contributed by atoms with Crippen molar-refractivity contribution in [1.29, 1.82) is 0 Å². The molecule has 0 aromatic carbocycles. The van der Waals surface area contributed by atoms with Crippen molar-refractivity contribution in [2.75, 3.05) is 37.6 Å². The lowest BCUT2D eigenvalue weighted by Crippen LogP contribution is -2.52. The van der Waals surface area contributed by atoms with Gasteiger partial charge >= 0.3 is 0 Å². The van der Waals surface area contributed by atoms with E-state index in [0.717, 1.165) is 50.1 Å². The minimum Gasteiger partial charge on any atom is -0.357 e. The molecule has 0 unspecified atom stereocenters. The number of anilines is 1. The Kier molecular flexibility index (Phi) is 5.30. The summed E-state index contributed by atoms with van der Waals surface area (Å²) in [5.41, 5.74) is 1.13. The second-order valence-electron chi connectivity index (χ2n) is 5.85. The number of hydrogen-bond acceptors (Lipinski definition) is 4. The van der Waals surface area contributed by atoms with Crippen molar-refractivity contribution in [3.05, 3.63) is 42.4 Å². The normalized spacial score (nSPS) is 15.7. The molecule has 1 aliphatic rings. The Morgan fingerprint density at radius 3 is 2.71 bits per heavy atom. The van der Waals surface area contributed by atoms with Gasteiger partial charge in [-0.2, -0.15) is 5.10 Å². The predicted molar refractivity (Wildman–Crippen MR) is 96.0 cm³/mol. The number of guanidine groups is 1. The SMILES string of the molecule is CCNC(=NCc1cnn(C)c1)N1CCN(c2ccccn2)CC1. The zero-order valence-corrected chi connectivity index (χ0v) is 14.4. The smallest absolute Gasteiger partial charge is 0.194 e. The van der Waals surface area contributed by atoms with Gasteiger partial charge in [-0.3, -0.25) is 4.68 Å². The maximum atomic E-state index is 4.76. The molecule has 0 spiro atoms. The lowest BCUT2D eigenvalue weighted by molar-refractivity contribution is 0.371.